The van der Waals surface area contributed by atoms with Crippen molar-refractivity contribution < 1.29 is 9.59 Å². The van der Waals surface area contributed by atoms with Crippen molar-refractivity contribution in [2.24, 2.45) is 5.92 Å². The van der Waals surface area contributed by atoms with Crippen LogP contribution in [-0.2, 0) is 0 Å². The number of amides is 3. The molecule has 2 N–H and O–H groups in total. The van der Waals surface area contributed by atoms with E-state index in [1.54, 1.807) is 12.1 Å². The molecule has 1 aromatic heterocycles. The van der Waals surface area contributed by atoms with Crippen molar-refractivity contribution in [3.63, 3.8) is 0 Å². The zero-order chi connectivity index (χ0) is 13.2. The van der Waals surface area contributed by atoms with Gasteiger partial charge in [0.2, 0.25) is 0 Å². The second kappa shape index (κ2) is 5.30. The van der Waals surface area contributed by atoms with Crippen LogP contribution in [0.1, 0.15) is 22.5 Å². The van der Waals surface area contributed by atoms with E-state index in [0.717, 1.165) is 32.5 Å². The van der Waals surface area contributed by atoms with Gasteiger partial charge in [0.1, 0.15) is 0 Å². The van der Waals surface area contributed by atoms with Gasteiger partial charge in [-0.15, -0.1) is 11.3 Å². The van der Waals surface area contributed by atoms with Gasteiger partial charge in [-0.05, 0) is 43.3 Å². The Morgan fingerprint density at radius 1 is 1.32 bits per heavy atom. The molecule has 0 saturated carbocycles. The number of hydrogen-bond acceptors (Lipinski definition) is 4. The molecule has 102 valence electrons. The number of nitrogens with one attached hydrogen (secondary N) is 2. The number of nitrogens with zero attached hydrogens (tertiary/aromatic N) is 1. The van der Waals surface area contributed by atoms with Crippen molar-refractivity contribution in [3.05, 3.63) is 22.4 Å². The third-order valence-corrected chi connectivity index (χ3v) is 4.81. The number of carbonyl (C=O) groups is 2. The van der Waals surface area contributed by atoms with Gasteiger partial charge in [0.05, 0.1) is 4.88 Å². The molecule has 1 atom stereocenters. The second-order valence-corrected chi connectivity index (χ2v) is 6.10. The number of carbonyl (C=O) groups excluding carboxylic acids is 2. The van der Waals surface area contributed by atoms with Gasteiger partial charge in [-0.1, -0.05) is 6.07 Å². The Morgan fingerprint density at radius 2 is 2.11 bits per heavy atom. The van der Waals surface area contributed by atoms with E-state index in [2.05, 4.69) is 15.5 Å². The summed E-state index contributed by atoms with van der Waals surface area (Å²) in [6.07, 6.45) is 2.29. The van der Waals surface area contributed by atoms with Gasteiger partial charge < -0.3 is 10.2 Å². The molecule has 0 radical (unpaired) electrons. The second-order valence-electron chi connectivity index (χ2n) is 5.15. The lowest BCUT2D eigenvalue weighted by molar-refractivity contribution is 0.0757. The first-order valence-corrected chi connectivity index (χ1v) is 7.48. The fraction of sp³-hybridized carbons (Fsp3) is 0.538. The number of urea groups is 1. The molecule has 2 bridgehead atoms. The Balaban J connectivity index is 1.53. The summed E-state index contributed by atoms with van der Waals surface area (Å²) in [6.45, 7) is 3.18. The van der Waals surface area contributed by atoms with Crippen LogP contribution in [0.4, 0.5) is 4.79 Å². The highest BCUT2D eigenvalue weighted by atomic mass is 32.1. The maximum absolute atomic E-state index is 11.8. The number of thiophene rings is 1. The molecule has 4 rings (SSSR count). The van der Waals surface area contributed by atoms with Crippen molar-refractivity contribution in [1.82, 2.24) is 15.5 Å². The SMILES string of the molecule is O=C(NC(=O)c1cccs1)NC1CN2CCC1CC2. The van der Waals surface area contributed by atoms with Crippen molar-refractivity contribution in [2.45, 2.75) is 18.9 Å². The summed E-state index contributed by atoms with van der Waals surface area (Å²) in [7, 11) is 0. The topological polar surface area (TPSA) is 61.4 Å². The molecule has 0 aromatic carbocycles. The molecule has 3 aliphatic rings. The van der Waals surface area contributed by atoms with Crippen LogP contribution in [0.3, 0.4) is 0 Å². The van der Waals surface area contributed by atoms with Crippen molar-refractivity contribution in [3.8, 4) is 0 Å². The quantitative estimate of drug-likeness (QED) is 0.857. The van der Waals surface area contributed by atoms with Gasteiger partial charge in [-0.25, -0.2) is 4.79 Å². The highest BCUT2D eigenvalue weighted by Gasteiger charge is 2.35. The van der Waals surface area contributed by atoms with Crippen LogP contribution in [0.25, 0.3) is 0 Å². The van der Waals surface area contributed by atoms with E-state index < -0.39 is 0 Å². The molecular formula is C13H17N3O2S. The van der Waals surface area contributed by atoms with Crippen molar-refractivity contribution in [2.75, 3.05) is 19.6 Å². The average molecular weight is 279 g/mol. The number of hydrogen-bond donors (Lipinski definition) is 2. The van der Waals surface area contributed by atoms with Crippen LogP contribution in [0, 0.1) is 5.92 Å². The maximum atomic E-state index is 11.8. The monoisotopic (exact) mass is 279 g/mol. The summed E-state index contributed by atoms with van der Waals surface area (Å²) in [4.78, 5) is 26.5. The molecule has 6 heteroatoms. The fourth-order valence-electron chi connectivity index (χ4n) is 2.91. The average Bonchev–Trinajstić information content (AvgIpc) is 2.94. The van der Waals surface area contributed by atoms with Gasteiger partial charge in [-0.2, -0.15) is 0 Å². The smallest absolute Gasteiger partial charge is 0.322 e. The maximum Gasteiger partial charge on any atom is 0.322 e. The van der Waals surface area contributed by atoms with Crippen molar-refractivity contribution >= 4 is 23.3 Å². The van der Waals surface area contributed by atoms with E-state index in [0.29, 0.717) is 10.8 Å². The first kappa shape index (κ1) is 12.6. The molecule has 3 aliphatic heterocycles. The summed E-state index contributed by atoms with van der Waals surface area (Å²) in [5.41, 5.74) is 0. The number of rotatable bonds is 2. The molecule has 5 nitrogen and oxygen atoms in total. The number of fused-ring (bicyclic) bond motifs is 3. The Hall–Kier alpha value is -1.40. The van der Waals surface area contributed by atoms with Crippen LogP contribution in [0.2, 0.25) is 0 Å². The minimum Gasteiger partial charge on any atom is -0.333 e. The molecule has 0 spiro atoms. The van der Waals surface area contributed by atoms with E-state index in [1.165, 1.54) is 11.3 Å². The van der Waals surface area contributed by atoms with Gasteiger partial charge >= 0.3 is 6.03 Å². The predicted octanol–water partition coefficient (Wildman–Crippen LogP) is 1.28. The summed E-state index contributed by atoms with van der Waals surface area (Å²) >= 11 is 1.33. The molecule has 0 aliphatic carbocycles. The first-order valence-electron chi connectivity index (χ1n) is 6.60. The molecule has 3 saturated heterocycles. The van der Waals surface area contributed by atoms with Gasteiger partial charge in [0.25, 0.3) is 5.91 Å². The van der Waals surface area contributed by atoms with Crippen LogP contribution < -0.4 is 10.6 Å². The largest absolute Gasteiger partial charge is 0.333 e. The molecule has 1 aromatic rings. The van der Waals surface area contributed by atoms with Crippen molar-refractivity contribution in [1.29, 1.82) is 0 Å². The van der Waals surface area contributed by atoms with E-state index in [4.69, 9.17) is 0 Å². The minimum atomic E-state index is -0.378. The molecule has 19 heavy (non-hydrogen) atoms. The zero-order valence-electron chi connectivity index (χ0n) is 10.6. The number of piperidine rings is 3. The predicted molar refractivity (Wildman–Crippen MR) is 73.3 cm³/mol. The van der Waals surface area contributed by atoms with Crippen LogP contribution >= 0.6 is 11.3 Å². The lowest BCUT2D eigenvalue weighted by Gasteiger charge is -2.44. The molecule has 1 unspecified atom stereocenters. The summed E-state index contributed by atoms with van der Waals surface area (Å²) < 4.78 is 0. The van der Waals surface area contributed by atoms with Crippen LogP contribution in [0.15, 0.2) is 17.5 Å². The lowest BCUT2D eigenvalue weighted by Crippen LogP contribution is -2.59. The minimum absolute atomic E-state index is 0.179. The normalized spacial score (nSPS) is 28.9. The fourth-order valence-corrected chi connectivity index (χ4v) is 3.52. The third kappa shape index (κ3) is 2.79. The summed E-state index contributed by atoms with van der Waals surface area (Å²) in [5.74, 6) is 0.237. The summed E-state index contributed by atoms with van der Waals surface area (Å²) in [5, 5.41) is 7.15. The van der Waals surface area contributed by atoms with Crippen LogP contribution in [0.5, 0.6) is 0 Å². The lowest BCUT2D eigenvalue weighted by atomic mass is 9.84. The van der Waals surface area contributed by atoms with E-state index >= 15 is 0 Å². The van der Waals surface area contributed by atoms with Gasteiger partial charge in [0.15, 0.2) is 0 Å². The summed E-state index contributed by atoms with van der Waals surface area (Å²) in [6, 6.07) is 3.31. The van der Waals surface area contributed by atoms with E-state index in [9.17, 15) is 9.59 Å². The highest BCUT2D eigenvalue weighted by molar-refractivity contribution is 7.12. The molecule has 4 heterocycles. The van der Waals surface area contributed by atoms with E-state index in [1.807, 2.05) is 5.38 Å². The van der Waals surface area contributed by atoms with Crippen LogP contribution in [-0.4, -0.2) is 42.5 Å². The molecular weight excluding hydrogens is 262 g/mol. The standard InChI is InChI=1S/C13H17N3O2S/c17-12(11-2-1-7-19-11)15-13(18)14-10-8-16-5-3-9(10)4-6-16/h1-2,7,9-10H,3-6,8H2,(H2,14,15,17,18). The zero-order valence-corrected chi connectivity index (χ0v) is 11.4. The van der Waals surface area contributed by atoms with Gasteiger partial charge in [0, 0.05) is 12.6 Å². The molecule has 3 amide bonds. The Labute approximate surface area is 116 Å². The Kier molecular flexibility index (Phi) is 3.52. The van der Waals surface area contributed by atoms with Gasteiger partial charge in [-0.3, -0.25) is 10.1 Å². The molecule has 3 fully saturated rings. The Bertz CT molecular complexity index is 466. The van der Waals surface area contributed by atoms with E-state index in [-0.39, 0.29) is 18.0 Å². The highest BCUT2D eigenvalue weighted by Crippen LogP contribution is 2.27. The first-order chi connectivity index (χ1) is 9.22. The number of imide groups is 1. The Morgan fingerprint density at radius 3 is 2.68 bits per heavy atom. The third-order valence-electron chi connectivity index (χ3n) is 3.94.